The van der Waals surface area contributed by atoms with Crippen LogP contribution >= 0.6 is 0 Å². The minimum Gasteiger partial charge on any atom is -0.333 e. The smallest absolute Gasteiger partial charge is 0.274 e. The van der Waals surface area contributed by atoms with Crippen molar-refractivity contribution in [3.8, 4) is 0 Å². The third-order valence-corrected chi connectivity index (χ3v) is 4.12. The lowest BCUT2D eigenvalue weighted by molar-refractivity contribution is 0.0680. The summed E-state index contributed by atoms with van der Waals surface area (Å²) in [6, 6.07) is 5.78. The number of hydrogen-bond donors (Lipinski definition) is 0. The van der Waals surface area contributed by atoms with Crippen LogP contribution in [0.15, 0.2) is 30.6 Å². The maximum atomic E-state index is 12.9. The summed E-state index contributed by atoms with van der Waals surface area (Å²) < 4.78 is 1.79. The number of amides is 1. The van der Waals surface area contributed by atoms with E-state index < -0.39 is 0 Å². The summed E-state index contributed by atoms with van der Waals surface area (Å²) >= 11 is 0. The molecule has 0 radical (unpaired) electrons. The average Bonchev–Trinajstić information content (AvgIpc) is 2.89. The monoisotopic (exact) mass is 314 g/mol. The average molecular weight is 314 g/mol. The predicted octanol–water partition coefficient (Wildman–Crippen LogP) is 3.41. The second-order valence-corrected chi connectivity index (χ2v) is 6.62. The molecule has 0 fully saturated rings. The van der Waals surface area contributed by atoms with E-state index in [1.54, 1.807) is 15.8 Å². The summed E-state index contributed by atoms with van der Waals surface area (Å²) in [5.74, 6) is 0.551. The first-order chi connectivity index (χ1) is 10.8. The Morgan fingerprint density at radius 3 is 2.43 bits per heavy atom. The van der Waals surface area contributed by atoms with Gasteiger partial charge in [0.25, 0.3) is 5.91 Å². The largest absolute Gasteiger partial charge is 0.333 e. The van der Waals surface area contributed by atoms with Crippen molar-refractivity contribution in [2.75, 3.05) is 7.05 Å². The molecule has 0 unspecified atom stereocenters. The fraction of sp³-hybridized carbons (Fsp3) is 0.500. The van der Waals surface area contributed by atoms with Crippen LogP contribution in [0.3, 0.4) is 0 Å². The topological polar surface area (TPSA) is 51.0 Å². The van der Waals surface area contributed by atoms with E-state index in [4.69, 9.17) is 0 Å². The molecule has 0 saturated carbocycles. The third kappa shape index (κ3) is 3.60. The minimum absolute atomic E-state index is 0.0271. The molecular formula is C18H26N4O. The van der Waals surface area contributed by atoms with Crippen molar-refractivity contribution in [1.82, 2.24) is 19.7 Å². The second-order valence-electron chi connectivity index (χ2n) is 6.62. The Morgan fingerprint density at radius 2 is 1.96 bits per heavy atom. The number of hydrogen-bond acceptors (Lipinski definition) is 3. The van der Waals surface area contributed by atoms with Crippen LogP contribution in [0.2, 0.25) is 0 Å². The molecule has 2 rings (SSSR count). The van der Waals surface area contributed by atoms with E-state index in [2.05, 4.69) is 37.8 Å². The summed E-state index contributed by atoms with van der Waals surface area (Å²) in [6.07, 6.45) is 3.57. The zero-order valence-electron chi connectivity index (χ0n) is 14.8. The van der Waals surface area contributed by atoms with Crippen LogP contribution in [-0.4, -0.2) is 32.6 Å². The first-order valence-corrected chi connectivity index (χ1v) is 8.04. The summed E-state index contributed by atoms with van der Waals surface area (Å²) in [7, 11) is 3.72. The second kappa shape index (κ2) is 6.94. The Bertz CT molecular complexity index is 661. The van der Waals surface area contributed by atoms with Crippen LogP contribution in [0, 0.1) is 5.92 Å². The van der Waals surface area contributed by atoms with E-state index in [-0.39, 0.29) is 17.9 Å². The fourth-order valence-electron chi connectivity index (χ4n) is 3.04. The molecule has 2 aromatic rings. The number of aryl methyl sites for hydroxylation is 1. The van der Waals surface area contributed by atoms with Gasteiger partial charge in [0.15, 0.2) is 5.69 Å². The molecule has 0 spiro atoms. The summed E-state index contributed by atoms with van der Waals surface area (Å²) in [6.45, 7) is 8.42. The van der Waals surface area contributed by atoms with Gasteiger partial charge in [-0.05, 0) is 29.5 Å². The van der Waals surface area contributed by atoms with Gasteiger partial charge in [0.05, 0.1) is 6.04 Å². The first kappa shape index (κ1) is 17.2. The molecule has 23 heavy (non-hydrogen) atoms. The predicted molar refractivity (Wildman–Crippen MR) is 91.2 cm³/mol. The Balaban J connectivity index is 2.31. The molecule has 124 valence electrons. The third-order valence-electron chi connectivity index (χ3n) is 4.12. The molecule has 5 nitrogen and oxygen atoms in total. The maximum absolute atomic E-state index is 12.9. The highest BCUT2D eigenvalue weighted by Gasteiger charge is 2.27. The lowest BCUT2D eigenvalue weighted by Gasteiger charge is -2.31. The van der Waals surface area contributed by atoms with Gasteiger partial charge in [-0.3, -0.25) is 14.5 Å². The molecule has 0 N–H and O–H groups in total. The number of carbonyl (C=O) groups is 1. The van der Waals surface area contributed by atoms with Gasteiger partial charge in [0.1, 0.15) is 0 Å². The van der Waals surface area contributed by atoms with E-state index in [1.165, 1.54) is 0 Å². The van der Waals surface area contributed by atoms with Gasteiger partial charge >= 0.3 is 0 Å². The van der Waals surface area contributed by atoms with Gasteiger partial charge in [-0.15, -0.1) is 0 Å². The maximum Gasteiger partial charge on any atom is 0.274 e. The molecule has 1 amide bonds. The Morgan fingerprint density at radius 1 is 1.26 bits per heavy atom. The highest BCUT2D eigenvalue weighted by molar-refractivity contribution is 5.92. The molecule has 5 heteroatoms. The Kier molecular flexibility index (Phi) is 5.19. The minimum atomic E-state index is -0.0601. The van der Waals surface area contributed by atoms with Crippen molar-refractivity contribution >= 4 is 5.91 Å². The van der Waals surface area contributed by atoms with Crippen LogP contribution in [0.1, 0.15) is 61.4 Å². The molecular weight excluding hydrogens is 288 g/mol. The molecule has 2 aromatic heterocycles. The lowest BCUT2D eigenvalue weighted by atomic mass is 9.95. The molecule has 0 aliphatic rings. The van der Waals surface area contributed by atoms with Crippen LogP contribution < -0.4 is 0 Å². The van der Waals surface area contributed by atoms with Gasteiger partial charge in [0, 0.05) is 32.2 Å². The van der Waals surface area contributed by atoms with Crippen molar-refractivity contribution in [1.29, 1.82) is 0 Å². The molecule has 0 aliphatic heterocycles. The van der Waals surface area contributed by atoms with Gasteiger partial charge in [-0.2, -0.15) is 5.10 Å². The van der Waals surface area contributed by atoms with E-state index in [0.29, 0.717) is 11.6 Å². The first-order valence-electron chi connectivity index (χ1n) is 8.04. The summed E-state index contributed by atoms with van der Waals surface area (Å²) in [5.41, 5.74) is 2.59. The zero-order valence-corrected chi connectivity index (χ0v) is 14.8. The van der Waals surface area contributed by atoms with Gasteiger partial charge in [0.2, 0.25) is 0 Å². The number of pyridine rings is 1. The fourth-order valence-corrected chi connectivity index (χ4v) is 3.04. The van der Waals surface area contributed by atoms with E-state index >= 15 is 0 Å². The van der Waals surface area contributed by atoms with Crippen LogP contribution in [0.5, 0.6) is 0 Å². The van der Waals surface area contributed by atoms with Crippen LogP contribution in [0.25, 0.3) is 0 Å². The molecule has 1 atom stereocenters. The highest BCUT2D eigenvalue weighted by atomic mass is 16.2. The van der Waals surface area contributed by atoms with E-state index in [1.807, 2.05) is 38.5 Å². The zero-order chi connectivity index (χ0) is 17.1. The van der Waals surface area contributed by atoms with Crippen molar-refractivity contribution in [2.24, 2.45) is 13.0 Å². The Hall–Kier alpha value is -2.17. The normalized spacial score (nSPS) is 12.7. The number of rotatable bonds is 5. The number of carbonyl (C=O) groups excluding carboxylic acids is 1. The van der Waals surface area contributed by atoms with E-state index in [0.717, 1.165) is 11.3 Å². The molecule has 0 aromatic carbocycles. The number of nitrogens with zero attached hydrogens (tertiary/aromatic N) is 4. The van der Waals surface area contributed by atoms with Crippen LogP contribution in [-0.2, 0) is 7.05 Å². The molecule has 2 heterocycles. The molecule has 0 aliphatic carbocycles. The highest BCUT2D eigenvalue weighted by Crippen LogP contribution is 2.28. The summed E-state index contributed by atoms with van der Waals surface area (Å²) in [5, 5.41) is 4.40. The van der Waals surface area contributed by atoms with Gasteiger partial charge in [-0.1, -0.05) is 33.8 Å². The SMILES string of the molecule is CC(C)c1cc(C(=O)N(C)[C@H](c2cccnc2)C(C)C)nn1C. The van der Waals surface area contributed by atoms with Crippen molar-refractivity contribution < 1.29 is 4.79 Å². The summed E-state index contributed by atoms with van der Waals surface area (Å²) in [4.78, 5) is 18.8. The van der Waals surface area contributed by atoms with Crippen molar-refractivity contribution in [2.45, 2.75) is 39.7 Å². The van der Waals surface area contributed by atoms with Crippen LogP contribution in [0.4, 0.5) is 0 Å². The Labute approximate surface area is 138 Å². The quantitative estimate of drug-likeness (QED) is 0.850. The standard InChI is InChI=1S/C18H26N4O/c1-12(2)16-10-15(20-22(16)6)18(23)21(5)17(13(3)4)14-8-7-9-19-11-14/h7-13,17H,1-6H3/t17-/m0/s1. The lowest BCUT2D eigenvalue weighted by Crippen LogP contribution is -2.34. The molecule has 0 saturated heterocycles. The van der Waals surface area contributed by atoms with E-state index in [9.17, 15) is 4.79 Å². The van der Waals surface area contributed by atoms with Crippen molar-refractivity contribution in [3.63, 3.8) is 0 Å². The van der Waals surface area contributed by atoms with Crippen molar-refractivity contribution in [3.05, 3.63) is 47.5 Å². The number of aromatic nitrogens is 3. The van der Waals surface area contributed by atoms with Gasteiger partial charge < -0.3 is 4.90 Å². The molecule has 0 bridgehead atoms. The van der Waals surface area contributed by atoms with Gasteiger partial charge in [-0.25, -0.2) is 0 Å².